The summed E-state index contributed by atoms with van der Waals surface area (Å²) in [7, 11) is 0. The van der Waals surface area contributed by atoms with Gasteiger partial charge in [0.1, 0.15) is 18.2 Å². The number of nitrogens with zero attached hydrogens (tertiary/aromatic N) is 1. The summed E-state index contributed by atoms with van der Waals surface area (Å²) >= 11 is 4.39. The fourth-order valence-electron chi connectivity index (χ4n) is 1.95. The Kier molecular flexibility index (Phi) is 6.59. The van der Waals surface area contributed by atoms with E-state index >= 15 is 0 Å². The van der Waals surface area contributed by atoms with Crippen molar-refractivity contribution in [1.29, 1.82) is 5.26 Å². The maximum atomic E-state index is 13.3. The molecule has 0 spiro atoms. The highest BCUT2D eigenvalue weighted by Crippen LogP contribution is 2.30. The first-order valence-electron chi connectivity index (χ1n) is 6.65. The molecule has 0 heterocycles. The van der Waals surface area contributed by atoms with Gasteiger partial charge in [-0.05, 0) is 86.7 Å². The van der Waals surface area contributed by atoms with E-state index in [1.807, 2.05) is 12.1 Å². The fraction of sp³-hybridized carbons (Fsp3) is 0.0556. The van der Waals surface area contributed by atoms with Gasteiger partial charge in [0.05, 0.1) is 18.8 Å². The van der Waals surface area contributed by atoms with Crippen LogP contribution in [0.3, 0.4) is 0 Å². The smallest absolute Gasteiger partial charge is 0.146 e. The molecule has 116 valence electrons. The number of benzene rings is 2. The average molecular weight is 531 g/mol. The lowest BCUT2D eigenvalue weighted by molar-refractivity contribution is 0.358. The Morgan fingerprint density at radius 3 is 2.52 bits per heavy atom. The Morgan fingerprint density at radius 2 is 1.96 bits per heavy atom. The highest BCUT2D eigenvalue weighted by Gasteiger charge is 2.09. The average Bonchev–Trinajstić information content (AvgIpc) is 2.52. The van der Waals surface area contributed by atoms with Crippen molar-refractivity contribution in [3.05, 3.63) is 73.1 Å². The van der Waals surface area contributed by atoms with Gasteiger partial charge in [0, 0.05) is 0 Å². The molecule has 0 saturated carbocycles. The molecule has 0 aliphatic carbocycles. The minimum Gasteiger partial charge on any atom is -0.487 e. The maximum Gasteiger partial charge on any atom is 0.146 e. The molecule has 0 aromatic heterocycles. The maximum absolute atomic E-state index is 13.3. The van der Waals surface area contributed by atoms with Crippen molar-refractivity contribution in [2.24, 2.45) is 0 Å². The molecule has 0 radical (unpaired) electrons. The van der Waals surface area contributed by atoms with Crippen molar-refractivity contribution >= 4 is 56.8 Å². The second-order valence-electron chi connectivity index (χ2n) is 4.59. The number of halogens is 3. The fourth-order valence-corrected chi connectivity index (χ4v) is 4.07. The van der Waals surface area contributed by atoms with Crippen molar-refractivity contribution < 1.29 is 9.13 Å². The molecule has 2 rings (SSSR count). The molecule has 0 aliphatic rings. The minimum absolute atomic E-state index is 0.360. The van der Waals surface area contributed by atoms with Crippen LogP contribution in [0.1, 0.15) is 11.1 Å². The number of nitriles is 1. The summed E-state index contributed by atoms with van der Waals surface area (Å²) in [6, 6.07) is 12.0. The van der Waals surface area contributed by atoms with Gasteiger partial charge in [-0.2, -0.15) is 5.26 Å². The van der Waals surface area contributed by atoms with Crippen LogP contribution in [0.4, 0.5) is 4.39 Å². The summed E-state index contributed by atoms with van der Waals surface area (Å²) in [6.07, 6.45) is 3.44. The van der Waals surface area contributed by atoms with Crippen LogP contribution < -0.4 is 4.74 Å². The summed E-state index contributed by atoms with van der Waals surface area (Å²) in [6.45, 7) is 4.08. The first-order chi connectivity index (χ1) is 11.0. The molecular weight excluding hydrogens is 519 g/mol. The van der Waals surface area contributed by atoms with E-state index in [9.17, 15) is 9.65 Å². The molecule has 2 aromatic rings. The molecule has 0 unspecified atom stereocenters. The predicted molar refractivity (Wildman–Crippen MR) is 107 cm³/mol. The van der Waals surface area contributed by atoms with Crippen molar-refractivity contribution in [2.75, 3.05) is 6.61 Å². The highest BCUT2D eigenvalue weighted by atomic mass is 127. The molecule has 23 heavy (non-hydrogen) atoms. The normalized spacial score (nSPS) is 11.0. The third kappa shape index (κ3) is 4.78. The molecule has 0 atom stereocenters. The van der Waals surface area contributed by atoms with E-state index in [4.69, 9.17) is 4.74 Å². The Balaban J connectivity index is 2.41. The van der Waals surface area contributed by atoms with Crippen LogP contribution in [0.5, 0.6) is 5.75 Å². The zero-order valence-corrected chi connectivity index (χ0v) is 16.3. The summed E-state index contributed by atoms with van der Waals surface area (Å²) in [5.74, 6) is 0.438. The van der Waals surface area contributed by atoms with Crippen LogP contribution in [0.25, 0.3) is 11.6 Å². The van der Waals surface area contributed by atoms with E-state index in [1.165, 1.54) is 12.1 Å². The van der Waals surface area contributed by atoms with Gasteiger partial charge in [0.25, 0.3) is 0 Å². The Bertz CT molecular complexity index is 786. The third-order valence-electron chi connectivity index (χ3n) is 2.93. The zero-order chi connectivity index (χ0) is 16.8. The molecule has 0 amide bonds. The van der Waals surface area contributed by atoms with Gasteiger partial charge >= 0.3 is 0 Å². The second kappa shape index (κ2) is 8.45. The summed E-state index contributed by atoms with van der Waals surface area (Å²) in [5, 5.41) is 9.36. The van der Waals surface area contributed by atoms with Gasteiger partial charge in [0.2, 0.25) is 0 Å². The molecule has 0 N–H and O–H groups in total. The molecule has 5 heteroatoms. The topological polar surface area (TPSA) is 33.0 Å². The van der Waals surface area contributed by atoms with Gasteiger partial charge in [-0.1, -0.05) is 24.8 Å². The second-order valence-corrected chi connectivity index (χ2v) is 6.92. The van der Waals surface area contributed by atoms with E-state index in [0.29, 0.717) is 17.7 Å². The zero-order valence-electron chi connectivity index (χ0n) is 12.0. The number of hydrogen-bond donors (Lipinski definition) is 0. The minimum atomic E-state index is -0.360. The third-order valence-corrected chi connectivity index (χ3v) is 4.54. The quantitative estimate of drug-likeness (QED) is 0.216. The van der Waals surface area contributed by atoms with E-state index in [1.54, 1.807) is 24.3 Å². The lowest BCUT2D eigenvalue weighted by atomic mass is 10.0. The van der Waals surface area contributed by atoms with Crippen LogP contribution in [0.2, 0.25) is 0 Å². The lowest BCUT2D eigenvalue weighted by Gasteiger charge is -2.10. The van der Waals surface area contributed by atoms with Gasteiger partial charge in [-0.3, -0.25) is 0 Å². The standard InChI is InChI=1S/C18H12FI2NO/c1-2-6-23-18-16(20)8-12(9-17(18)21)7-14(11-22)13-4-3-5-15(19)10-13/h2-5,7-10H,1,6H2/b14-7-. The lowest BCUT2D eigenvalue weighted by Crippen LogP contribution is -1.98. The predicted octanol–water partition coefficient (Wildman–Crippen LogP) is 5.66. The van der Waals surface area contributed by atoms with Crippen LogP contribution in [0, 0.1) is 24.3 Å². The van der Waals surface area contributed by atoms with Gasteiger partial charge in [-0.15, -0.1) is 0 Å². The highest BCUT2D eigenvalue weighted by molar-refractivity contribution is 14.1. The summed E-state index contributed by atoms with van der Waals surface area (Å²) in [4.78, 5) is 0. The first kappa shape index (κ1) is 17.9. The number of rotatable bonds is 5. The summed E-state index contributed by atoms with van der Waals surface area (Å²) < 4.78 is 20.9. The van der Waals surface area contributed by atoms with Crippen LogP contribution >= 0.6 is 45.2 Å². The van der Waals surface area contributed by atoms with Gasteiger partial charge in [-0.25, -0.2) is 4.39 Å². The number of hydrogen-bond acceptors (Lipinski definition) is 2. The Morgan fingerprint density at radius 1 is 1.26 bits per heavy atom. The number of allylic oxidation sites excluding steroid dienone is 1. The Labute approximate surface area is 161 Å². The van der Waals surface area contributed by atoms with E-state index < -0.39 is 0 Å². The molecular formula is C18H12FI2NO. The molecule has 2 aromatic carbocycles. The van der Waals surface area contributed by atoms with Crippen molar-refractivity contribution in [2.45, 2.75) is 0 Å². The van der Waals surface area contributed by atoms with E-state index in [2.05, 4.69) is 57.8 Å². The molecule has 0 aliphatic heterocycles. The molecule has 0 saturated heterocycles. The molecule has 0 fully saturated rings. The van der Waals surface area contributed by atoms with Crippen LogP contribution in [-0.2, 0) is 0 Å². The Hall–Kier alpha value is -1.40. The SMILES string of the molecule is C=CCOc1c(I)cc(/C=C(/C#N)c2cccc(F)c2)cc1I. The first-order valence-corrected chi connectivity index (χ1v) is 8.81. The van der Waals surface area contributed by atoms with Gasteiger partial charge in [0.15, 0.2) is 0 Å². The van der Waals surface area contributed by atoms with Crippen LogP contribution in [0.15, 0.2) is 49.1 Å². The summed E-state index contributed by atoms with van der Waals surface area (Å²) in [5.41, 5.74) is 1.84. The molecule has 0 bridgehead atoms. The van der Waals surface area contributed by atoms with Crippen molar-refractivity contribution in [3.63, 3.8) is 0 Å². The van der Waals surface area contributed by atoms with Crippen molar-refractivity contribution in [1.82, 2.24) is 0 Å². The van der Waals surface area contributed by atoms with E-state index in [0.717, 1.165) is 18.5 Å². The van der Waals surface area contributed by atoms with Crippen molar-refractivity contribution in [3.8, 4) is 11.8 Å². The van der Waals surface area contributed by atoms with Crippen LogP contribution in [-0.4, -0.2) is 6.61 Å². The number of ether oxygens (including phenoxy) is 1. The molecule has 2 nitrogen and oxygen atoms in total. The largest absolute Gasteiger partial charge is 0.487 e. The van der Waals surface area contributed by atoms with Gasteiger partial charge < -0.3 is 4.74 Å². The van der Waals surface area contributed by atoms with E-state index in [-0.39, 0.29) is 5.82 Å². The monoisotopic (exact) mass is 531 g/mol.